The summed E-state index contributed by atoms with van der Waals surface area (Å²) in [6.45, 7) is 10.1. The van der Waals surface area contributed by atoms with Gasteiger partial charge in [-0.1, -0.05) is 19.8 Å². The molecule has 19 heavy (non-hydrogen) atoms. The summed E-state index contributed by atoms with van der Waals surface area (Å²) in [6, 6.07) is 1.67. The van der Waals surface area contributed by atoms with Gasteiger partial charge in [-0.15, -0.1) is 0 Å². The molecule has 2 atom stereocenters. The average Bonchev–Trinajstić information content (AvgIpc) is 2.96. The molecule has 3 aliphatic rings. The van der Waals surface area contributed by atoms with Crippen LogP contribution in [0.4, 0.5) is 0 Å². The molecule has 3 rings (SSSR count). The molecule has 3 nitrogen and oxygen atoms in total. The van der Waals surface area contributed by atoms with Gasteiger partial charge >= 0.3 is 0 Å². The highest BCUT2D eigenvalue weighted by Crippen LogP contribution is 2.24. The van der Waals surface area contributed by atoms with Crippen molar-refractivity contribution in [2.75, 3.05) is 39.3 Å². The van der Waals surface area contributed by atoms with E-state index in [0.29, 0.717) is 0 Å². The molecule has 1 N–H and O–H groups in total. The number of nitrogens with one attached hydrogen (secondary N) is 1. The van der Waals surface area contributed by atoms with E-state index in [1.807, 2.05) is 0 Å². The Labute approximate surface area is 118 Å². The van der Waals surface area contributed by atoms with Crippen LogP contribution in [0.2, 0.25) is 0 Å². The lowest BCUT2D eigenvalue weighted by atomic mass is 9.92. The number of rotatable bonds is 3. The van der Waals surface area contributed by atoms with Gasteiger partial charge in [0.15, 0.2) is 0 Å². The normalized spacial score (nSPS) is 35.8. The summed E-state index contributed by atoms with van der Waals surface area (Å²) < 4.78 is 0. The molecule has 0 bridgehead atoms. The van der Waals surface area contributed by atoms with Gasteiger partial charge < -0.3 is 5.32 Å². The molecule has 0 spiro atoms. The first kappa shape index (κ1) is 13.8. The highest BCUT2D eigenvalue weighted by atomic mass is 15.3. The quantitative estimate of drug-likeness (QED) is 0.841. The Kier molecular flexibility index (Phi) is 4.78. The fourth-order valence-electron chi connectivity index (χ4n) is 4.22. The molecule has 2 saturated heterocycles. The van der Waals surface area contributed by atoms with Crippen LogP contribution in [-0.2, 0) is 0 Å². The molecular formula is C16H31N3. The minimum absolute atomic E-state index is 0.742. The van der Waals surface area contributed by atoms with Gasteiger partial charge in [0, 0.05) is 44.8 Å². The highest BCUT2D eigenvalue weighted by Gasteiger charge is 2.28. The first-order chi connectivity index (χ1) is 9.33. The van der Waals surface area contributed by atoms with E-state index in [1.165, 1.54) is 77.8 Å². The Bertz CT molecular complexity index is 267. The third-order valence-corrected chi connectivity index (χ3v) is 5.63. The van der Waals surface area contributed by atoms with E-state index in [4.69, 9.17) is 0 Å². The van der Waals surface area contributed by atoms with E-state index in [1.54, 1.807) is 0 Å². The maximum atomic E-state index is 3.73. The van der Waals surface area contributed by atoms with Gasteiger partial charge in [-0.2, -0.15) is 0 Å². The van der Waals surface area contributed by atoms with Crippen molar-refractivity contribution in [3.63, 3.8) is 0 Å². The number of hydrogen-bond donors (Lipinski definition) is 1. The van der Waals surface area contributed by atoms with Crippen LogP contribution in [0.15, 0.2) is 0 Å². The Balaban J connectivity index is 1.42. The van der Waals surface area contributed by atoms with Crippen molar-refractivity contribution in [1.29, 1.82) is 0 Å². The topological polar surface area (TPSA) is 18.5 Å². The molecule has 0 aromatic heterocycles. The van der Waals surface area contributed by atoms with Gasteiger partial charge in [-0.05, 0) is 38.1 Å². The van der Waals surface area contributed by atoms with Crippen LogP contribution in [0.1, 0.15) is 45.4 Å². The molecule has 0 aromatic carbocycles. The SMILES string of the molecule is CC1CCCNC1CN1CCN(C2CCCC2)CC1. The maximum Gasteiger partial charge on any atom is 0.0220 e. The van der Waals surface area contributed by atoms with Crippen LogP contribution in [0, 0.1) is 5.92 Å². The van der Waals surface area contributed by atoms with E-state index in [2.05, 4.69) is 22.0 Å². The zero-order valence-electron chi connectivity index (χ0n) is 12.6. The summed E-state index contributed by atoms with van der Waals surface area (Å²) in [5.74, 6) is 0.863. The lowest BCUT2D eigenvalue weighted by Crippen LogP contribution is -2.54. The monoisotopic (exact) mass is 265 g/mol. The molecule has 0 radical (unpaired) electrons. The van der Waals surface area contributed by atoms with Crippen molar-refractivity contribution in [3.05, 3.63) is 0 Å². The van der Waals surface area contributed by atoms with Crippen LogP contribution in [0.5, 0.6) is 0 Å². The van der Waals surface area contributed by atoms with Crippen LogP contribution in [0.3, 0.4) is 0 Å². The summed E-state index contributed by atoms with van der Waals surface area (Å²) in [5.41, 5.74) is 0. The van der Waals surface area contributed by atoms with E-state index >= 15 is 0 Å². The maximum absolute atomic E-state index is 3.73. The lowest BCUT2D eigenvalue weighted by Gasteiger charge is -2.41. The molecule has 0 aromatic rings. The van der Waals surface area contributed by atoms with Crippen LogP contribution >= 0.6 is 0 Å². The summed E-state index contributed by atoms with van der Waals surface area (Å²) in [5, 5.41) is 3.73. The van der Waals surface area contributed by atoms with Gasteiger partial charge in [0.1, 0.15) is 0 Å². The second kappa shape index (κ2) is 6.55. The van der Waals surface area contributed by atoms with E-state index in [-0.39, 0.29) is 0 Å². The number of piperidine rings is 1. The van der Waals surface area contributed by atoms with E-state index in [0.717, 1.165) is 18.0 Å². The Morgan fingerprint density at radius 3 is 2.37 bits per heavy atom. The fourth-order valence-corrected chi connectivity index (χ4v) is 4.22. The highest BCUT2D eigenvalue weighted by molar-refractivity contribution is 4.86. The molecule has 110 valence electrons. The number of nitrogens with zero attached hydrogens (tertiary/aromatic N) is 2. The Hall–Kier alpha value is -0.120. The van der Waals surface area contributed by atoms with Crippen LogP contribution in [0.25, 0.3) is 0 Å². The zero-order chi connectivity index (χ0) is 13.1. The summed E-state index contributed by atoms with van der Waals surface area (Å²) in [7, 11) is 0. The Morgan fingerprint density at radius 2 is 1.68 bits per heavy atom. The molecule has 0 amide bonds. The van der Waals surface area contributed by atoms with Crippen molar-refractivity contribution in [3.8, 4) is 0 Å². The van der Waals surface area contributed by atoms with Crippen molar-refractivity contribution in [2.45, 2.75) is 57.5 Å². The van der Waals surface area contributed by atoms with Crippen LogP contribution in [-0.4, -0.2) is 61.2 Å². The van der Waals surface area contributed by atoms with Crippen molar-refractivity contribution < 1.29 is 0 Å². The zero-order valence-corrected chi connectivity index (χ0v) is 12.6. The molecule has 2 heterocycles. The van der Waals surface area contributed by atoms with Gasteiger partial charge in [0.2, 0.25) is 0 Å². The fraction of sp³-hybridized carbons (Fsp3) is 1.00. The van der Waals surface area contributed by atoms with Crippen molar-refractivity contribution in [1.82, 2.24) is 15.1 Å². The lowest BCUT2D eigenvalue weighted by molar-refractivity contribution is 0.0828. The smallest absolute Gasteiger partial charge is 0.0220 e. The predicted octanol–water partition coefficient (Wildman–Crippen LogP) is 1.93. The number of hydrogen-bond acceptors (Lipinski definition) is 3. The van der Waals surface area contributed by atoms with Gasteiger partial charge in [-0.3, -0.25) is 9.80 Å². The van der Waals surface area contributed by atoms with Gasteiger partial charge in [0.05, 0.1) is 0 Å². The molecule has 2 unspecified atom stereocenters. The predicted molar refractivity (Wildman–Crippen MR) is 80.5 cm³/mol. The third kappa shape index (κ3) is 3.50. The Morgan fingerprint density at radius 1 is 0.947 bits per heavy atom. The van der Waals surface area contributed by atoms with Crippen molar-refractivity contribution >= 4 is 0 Å². The molecule has 1 saturated carbocycles. The van der Waals surface area contributed by atoms with Crippen LogP contribution < -0.4 is 5.32 Å². The average molecular weight is 265 g/mol. The molecule has 3 fully saturated rings. The molecule has 1 aliphatic carbocycles. The molecular weight excluding hydrogens is 234 g/mol. The van der Waals surface area contributed by atoms with E-state index < -0.39 is 0 Å². The minimum atomic E-state index is 0.742. The number of piperazine rings is 1. The van der Waals surface area contributed by atoms with Gasteiger partial charge in [0.25, 0.3) is 0 Å². The van der Waals surface area contributed by atoms with E-state index in [9.17, 15) is 0 Å². The summed E-state index contributed by atoms with van der Waals surface area (Å²) >= 11 is 0. The second-order valence-electron chi connectivity index (χ2n) is 6.95. The molecule has 3 heteroatoms. The largest absolute Gasteiger partial charge is 0.312 e. The summed E-state index contributed by atoms with van der Waals surface area (Å²) in [6.07, 6.45) is 8.64. The first-order valence-corrected chi connectivity index (χ1v) is 8.53. The van der Waals surface area contributed by atoms with Gasteiger partial charge in [-0.25, -0.2) is 0 Å². The summed E-state index contributed by atoms with van der Waals surface area (Å²) in [4.78, 5) is 5.46. The standard InChI is InChI=1S/C16H31N3/c1-14-5-4-8-17-16(14)13-18-9-11-19(12-10-18)15-6-2-3-7-15/h14-17H,2-13H2,1H3. The second-order valence-corrected chi connectivity index (χ2v) is 6.95. The minimum Gasteiger partial charge on any atom is -0.312 e. The third-order valence-electron chi connectivity index (χ3n) is 5.63. The first-order valence-electron chi connectivity index (χ1n) is 8.53. The van der Waals surface area contributed by atoms with Crippen molar-refractivity contribution in [2.24, 2.45) is 5.92 Å². The molecule has 2 aliphatic heterocycles.